The predicted molar refractivity (Wildman–Crippen MR) is 110 cm³/mol. The van der Waals surface area contributed by atoms with Crippen LogP contribution in [0.1, 0.15) is 53.6 Å². The number of thiophene rings is 1. The van der Waals surface area contributed by atoms with Crippen molar-refractivity contribution in [3.05, 3.63) is 54.9 Å². The van der Waals surface area contributed by atoms with Crippen molar-refractivity contribution in [1.29, 1.82) is 5.26 Å². The molecule has 1 heterocycles. The molecule has 0 saturated carbocycles. The summed E-state index contributed by atoms with van der Waals surface area (Å²) >= 11 is 7.49. The number of amides is 1. The number of non-ortho nitro benzene ring substituents is 1. The molecule has 8 heteroatoms. The van der Waals surface area contributed by atoms with E-state index in [0.717, 1.165) is 35.8 Å². The summed E-state index contributed by atoms with van der Waals surface area (Å²) in [5.41, 5.74) is 1.68. The second-order valence-electron chi connectivity index (χ2n) is 8.00. The maximum atomic E-state index is 12.7. The van der Waals surface area contributed by atoms with Crippen molar-refractivity contribution >= 4 is 39.5 Å². The number of nitro benzene ring substituents is 1. The second-order valence-corrected chi connectivity index (χ2v) is 9.51. The van der Waals surface area contributed by atoms with Crippen LogP contribution < -0.4 is 5.32 Å². The number of benzene rings is 1. The minimum Gasteiger partial charge on any atom is -0.312 e. The van der Waals surface area contributed by atoms with Gasteiger partial charge in [0.1, 0.15) is 11.1 Å². The van der Waals surface area contributed by atoms with Crippen LogP contribution in [0.5, 0.6) is 0 Å². The van der Waals surface area contributed by atoms with Gasteiger partial charge in [0.05, 0.1) is 21.1 Å². The van der Waals surface area contributed by atoms with Crippen molar-refractivity contribution in [2.75, 3.05) is 5.32 Å². The number of hydrogen-bond acceptors (Lipinski definition) is 5. The molecule has 1 aliphatic carbocycles. The number of nitriles is 1. The van der Waals surface area contributed by atoms with E-state index >= 15 is 0 Å². The Morgan fingerprint density at radius 3 is 2.71 bits per heavy atom. The highest BCUT2D eigenvalue weighted by atomic mass is 35.5. The lowest BCUT2D eigenvalue weighted by molar-refractivity contribution is -0.384. The summed E-state index contributed by atoms with van der Waals surface area (Å²) < 4.78 is 0. The van der Waals surface area contributed by atoms with Gasteiger partial charge < -0.3 is 5.32 Å². The average molecular weight is 418 g/mol. The number of rotatable bonds is 3. The summed E-state index contributed by atoms with van der Waals surface area (Å²) in [7, 11) is 0. The Balaban J connectivity index is 1.88. The van der Waals surface area contributed by atoms with E-state index < -0.39 is 10.8 Å². The Kier molecular flexibility index (Phi) is 5.46. The van der Waals surface area contributed by atoms with Crippen LogP contribution in [0.25, 0.3) is 0 Å². The Bertz CT molecular complexity index is 1000. The molecule has 2 aromatic rings. The molecule has 0 saturated heterocycles. The summed E-state index contributed by atoms with van der Waals surface area (Å²) in [4.78, 5) is 24.1. The normalized spacial score (nSPS) is 16.2. The van der Waals surface area contributed by atoms with Gasteiger partial charge in [0.15, 0.2) is 0 Å². The number of carbonyl (C=O) groups is 1. The molecule has 0 fully saturated rings. The van der Waals surface area contributed by atoms with Crippen LogP contribution in [-0.4, -0.2) is 10.8 Å². The highest BCUT2D eigenvalue weighted by molar-refractivity contribution is 7.16. The molecule has 6 nitrogen and oxygen atoms in total. The van der Waals surface area contributed by atoms with E-state index in [4.69, 9.17) is 11.6 Å². The fraction of sp³-hybridized carbons (Fsp3) is 0.400. The Labute approximate surface area is 172 Å². The number of anilines is 1. The van der Waals surface area contributed by atoms with E-state index in [1.54, 1.807) is 0 Å². The van der Waals surface area contributed by atoms with E-state index in [9.17, 15) is 20.2 Å². The highest BCUT2D eigenvalue weighted by Crippen LogP contribution is 2.44. The van der Waals surface area contributed by atoms with Crippen molar-refractivity contribution < 1.29 is 9.72 Å². The Hall–Kier alpha value is -2.43. The SMILES string of the molecule is CC(C)(C)C1CCc2c(sc(NC(=O)c3ccc([N+](=O)[O-])cc3Cl)c2C#N)C1. The lowest BCUT2D eigenvalue weighted by Crippen LogP contribution is -2.26. The molecule has 1 aliphatic rings. The van der Waals surface area contributed by atoms with Gasteiger partial charge in [0.2, 0.25) is 0 Å². The number of nitro groups is 1. The quantitative estimate of drug-likeness (QED) is 0.520. The second kappa shape index (κ2) is 7.53. The van der Waals surface area contributed by atoms with E-state index in [2.05, 4.69) is 32.2 Å². The minimum atomic E-state index is -0.569. The first-order valence-corrected chi connectivity index (χ1v) is 10.1. The lowest BCUT2D eigenvalue weighted by atomic mass is 9.72. The molecule has 3 rings (SSSR count). The van der Waals surface area contributed by atoms with Crippen molar-refractivity contribution in [2.45, 2.75) is 40.0 Å². The van der Waals surface area contributed by atoms with Crippen LogP contribution in [0.2, 0.25) is 5.02 Å². The lowest BCUT2D eigenvalue weighted by Gasteiger charge is -2.33. The molecule has 1 aromatic carbocycles. The van der Waals surface area contributed by atoms with Crippen LogP contribution >= 0.6 is 22.9 Å². The van der Waals surface area contributed by atoms with Crippen molar-refractivity contribution in [3.63, 3.8) is 0 Å². The molecule has 0 spiro atoms. The first-order valence-electron chi connectivity index (χ1n) is 8.91. The smallest absolute Gasteiger partial charge is 0.270 e. The number of nitrogens with zero attached hydrogens (tertiary/aromatic N) is 2. The molecule has 1 unspecified atom stereocenters. The van der Waals surface area contributed by atoms with Gasteiger partial charge in [-0.05, 0) is 42.2 Å². The van der Waals surface area contributed by atoms with Gasteiger partial charge in [0.25, 0.3) is 11.6 Å². The largest absolute Gasteiger partial charge is 0.312 e. The van der Waals surface area contributed by atoms with Gasteiger partial charge in [-0.2, -0.15) is 5.26 Å². The molecule has 0 radical (unpaired) electrons. The molecule has 0 aliphatic heterocycles. The molecule has 1 N–H and O–H groups in total. The third kappa shape index (κ3) is 3.89. The summed E-state index contributed by atoms with van der Waals surface area (Å²) in [6.45, 7) is 6.67. The number of halogens is 1. The van der Waals surface area contributed by atoms with Gasteiger partial charge in [-0.3, -0.25) is 14.9 Å². The summed E-state index contributed by atoms with van der Waals surface area (Å²) in [6, 6.07) is 5.93. The summed E-state index contributed by atoms with van der Waals surface area (Å²) in [6.07, 6.45) is 2.74. The number of carbonyl (C=O) groups excluding carboxylic acids is 1. The number of nitrogens with one attached hydrogen (secondary N) is 1. The first-order chi connectivity index (χ1) is 13.1. The van der Waals surface area contributed by atoms with Crippen LogP contribution in [-0.2, 0) is 12.8 Å². The van der Waals surface area contributed by atoms with Crippen molar-refractivity contribution in [1.82, 2.24) is 0 Å². The number of fused-ring (bicyclic) bond motifs is 1. The maximum Gasteiger partial charge on any atom is 0.270 e. The zero-order chi connectivity index (χ0) is 20.6. The predicted octanol–water partition coefficient (Wildman–Crippen LogP) is 5.58. The molecular formula is C20H20ClN3O3S. The molecule has 146 valence electrons. The van der Waals surface area contributed by atoms with Gasteiger partial charge in [-0.15, -0.1) is 11.3 Å². The molecule has 1 atom stereocenters. The average Bonchev–Trinajstić information content (AvgIpc) is 2.96. The van der Waals surface area contributed by atoms with Crippen LogP contribution in [0.15, 0.2) is 18.2 Å². The third-order valence-electron chi connectivity index (χ3n) is 5.24. The maximum absolute atomic E-state index is 12.7. The fourth-order valence-corrected chi connectivity index (χ4v) is 5.04. The summed E-state index contributed by atoms with van der Waals surface area (Å²) in [5, 5.41) is 23.8. The highest BCUT2D eigenvalue weighted by Gasteiger charge is 2.32. The topological polar surface area (TPSA) is 96.0 Å². The monoisotopic (exact) mass is 417 g/mol. The molecule has 1 aromatic heterocycles. The molecule has 28 heavy (non-hydrogen) atoms. The van der Waals surface area contributed by atoms with E-state index in [-0.39, 0.29) is 21.7 Å². The molecular weight excluding hydrogens is 398 g/mol. The molecule has 0 bridgehead atoms. The standard InChI is InChI=1S/C20H20ClN3O3S/c1-20(2,3)11-4-6-13-15(10-22)19(28-17(13)8-11)23-18(25)14-7-5-12(24(26)27)9-16(14)21/h5,7,9,11H,4,6,8H2,1-3H3,(H,23,25). The van der Waals surface area contributed by atoms with Crippen molar-refractivity contribution in [3.8, 4) is 6.07 Å². The minimum absolute atomic E-state index is 0.000626. The van der Waals surface area contributed by atoms with E-state index in [0.29, 0.717) is 16.5 Å². The fourth-order valence-electron chi connectivity index (χ4n) is 3.50. The van der Waals surface area contributed by atoms with Crippen molar-refractivity contribution in [2.24, 2.45) is 11.3 Å². The summed E-state index contributed by atoms with van der Waals surface area (Å²) in [5.74, 6) is 0.0419. The third-order valence-corrected chi connectivity index (χ3v) is 6.72. The zero-order valence-electron chi connectivity index (χ0n) is 15.8. The zero-order valence-corrected chi connectivity index (χ0v) is 17.4. The van der Waals surface area contributed by atoms with Gasteiger partial charge in [-0.25, -0.2) is 0 Å². The van der Waals surface area contributed by atoms with E-state index in [1.807, 2.05) is 0 Å². The van der Waals surface area contributed by atoms with Gasteiger partial charge >= 0.3 is 0 Å². The van der Waals surface area contributed by atoms with Gasteiger partial charge in [-0.1, -0.05) is 32.4 Å². The van der Waals surface area contributed by atoms with Crippen LogP contribution in [0.4, 0.5) is 10.7 Å². The van der Waals surface area contributed by atoms with Crippen LogP contribution in [0.3, 0.4) is 0 Å². The molecule has 1 amide bonds. The first kappa shape index (κ1) is 20.3. The Morgan fingerprint density at radius 1 is 1.43 bits per heavy atom. The van der Waals surface area contributed by atoms with Crippen LogP contribution in [0, 0.1) is 32.8 Å². The van der Waals surface area contributed by atoms with E-state index in [1.165, 1.54) is 23.5 Å². The number of hydrogen-bond donors (Lipinski definition) is 1. The Morgan fingerprint density at radius 2 is 2.14 bits per heavy atom. The van der Waals surface area contributed by atoms with Gasteiger partial charge in [0, 0.05) is 17.0 Å².